The van der Waals surface area contributed by atoms with Crippen LogP contribution in [0.2, 0.25) is 0 Å². The van der Waals surface area contributed by atoms with Crippen molar-refractivity contribution in [2.24, 2.45) is 0 Å². The quantitative estimate of drug-likeness (QED) is 0.799. The van der Waals surface area contributed by atoms with E-state index in [1.165, 1.54) is 18.3 Å². The summed E-state index contributed by atoms with van der Waals surface area (Å²) in [7, 11) is 0. The van der Waals surface area contributed by atoms with E-state index >= 15 is 0 Å². The highest BCUT2D eigenvalue weighted by atomic mass is 19.1. The van der Waals surface area contributed by atoms with Crippen molar-refractivity contribution in [3.8, 4) is 17.7 Å². The van der Waals surface area contributed by atoms with E-state index in [2.05, 4.69) is 4.98 Å². The second kappa shape index (κ2) is 4.58. The molecule has 2 rings (SSSR count). The summed E-state index contributed by atoms with van der Waals surface area (Å²) in [6.45, 7) is 0. The molecular formula is C12H6F2N2O. The first-order chi connectivity index (χ1) is 8.19. The summed E-state index contributed by atoms with van der Waals surface area (Å²) in [6.07, 6.45) is 1.28. The van der Waals surface area contributed by atoms with Gasteiger partial charge in [-0.25, -0.2) is 13.8 Å². The van der Waals surface area contributed by atoms with Crippen LogP contribution >= 0.6 is 0 Å². The zero-order valence-electron chi connectivity index (χ0n) is 8.52. The average Bonchev–Trinajstić information content (AvgIpc) is 2.35. The lowest BCUT2D eigenvalue weighted by Gasteiger charge is -2.05. The van der Waals surface area contributed by atoms with Gasteiger partial charge in [0.25, 0.3) is 0 Å². The van der Waals surface area contributed by atoms with Crippen LogP contribution in [0.4, 0.5) is 8.78 Å². The number of pyridine rings is 1. The summed E-state index contributed by atoms with van der Waals surface area (Å²) < 4.78 is 31.1. The molecule has 3 nitrogen and oxygen atoms in total. The van der Waals surface area contributed by atoms with Gasteiger partial charge >= 0.3 is 0 Å². The van der Waals surface area contributed by atoms with Gasteiger partial charge in [-0.3, -0.25) is 0 Å². The van der Waals surface area contributed by atoms with E-state index in [0.717, 1.165) is 18.2 Å². The van der Waals surface area contributed by atoms with Crippen LogP contribution in [0.15, 0.2) is 36.5 Å². The van der Waals surface area contributed by atoms with E-state index in [0.29, 0.717) is 5.56 Å². The molecule has 0 saturated carbocycles. The molecule has 0 bridgehead atoms. The molecule has 0 spiro atoms. The molecule has 0 aliphatic heterocycles. The normalized spacial score (nSPS) is 9.71. The average molecular weight is 232 g/mol. The summed E-state index contributed by atoms with van der Waals surface area (Å²) in [5.41, 5.74) is 0.358. The van der Waals surface area contributed by atoms with Crippen molar-refractivity contribution in [2.45, 2.75) is 0 Å². The van der Waals surface area contributed by atoms with Gasteiger partial charge in [-0.05, 0) is 18.2 Å². The number of hydrogen-bond acceptors (Lipinski definition) is 3. The van der Waals surface area contributed by atoms with E-state index in [1.807, 2.05) is 6.07 Å². The Morgan fingerprint density at radius 1 is 1.18 bits per heavy atom. The lowest BCUT2D eigenvalue weighted by atomic mass is 10.3. The fraction of sp³-hybridized carbons (Fsp3) is 0. The van der Waals surface area contributed by atoms with Crippen LogP contribution < -0.4 is 4.74 Å². The third kappa shape index (κ3) is 2.55. The minimum atomic E-state index is -0.683. The molecule has 1 heterocycles. The first-order valence-electron chi connectivity index (χ1n) is 4.68. The molecule has 84 valence electrons. The maximum Gasteiger partial charge on any atom is 0.219 e. The fourth-order valence-electron chi connectivity index (χ4n) is 1.17. The fourth-order valence-corrected chi connectivity index (χ4v) is 1.17. The number of nitriles is 1. The van der Waals surface area contributed by atoms with Crippen molar-refractivity contribution in [1.82, 2.24) is 4.98 Å². The van der Waals surface area contributed by atoms with Crippen LogP contribution in [-0.2, 0) is 0 Å². The smallest absolute Gasteiger partial charge is 0.219 e. The largest absolute Gasteiger partial charge is 0.436 e. The first-order valence-corrected chi connectivity index (χ1v) is 4.68. The molecule has 1 aromatic heterocycles. The summed E-state index contributed by atoms with van der Waals surface area (Å²) in [5, 5.41) is 8.56. The molecule has 0 aliphatic rings. The van der Waals surface area contributed by atoms with Gasteiger partial charge in [0.1, 0.15) is 11.9 Å². The summed E-state index contributed by atoms with van der Waals surface area (Å²) in [4.78, 5) is 3.78. The summed E-state index contributed by atoms with van der Waals surface area (Å²) >= 11 is 0. The lowest BCUT2D eigenvalue weighted by Crippen LogP contribution is -1.92. The monoisotopic (exact) mass is 232 g/mol. The Kier molecular flexibility index (Phi) is 2.97. The zero-order chi connectivity index (χ0) is 12.3. The molecule has 0 saturated heterocycles. The number of nitrogens with zero attached hydrogens (tertiary/aromatic N) is 2. The first kappa shape index (κ1) is 11.0. The van der Waals surface area contributed by atoms with Crippen LogP contribution in [0.5, 0.6) is 11.6 Å². The van der Waals surface area contributed by atoms with Crippen molar-refractivity contribution in [2.75, 3.05) is 0 Å². The SMILES string of the molecule is N#Cc1ccc(Oc2cc(F)ccc2F)nc1. The number of aromatic nitrogens is 1. The topological polar surface area (TPSA) is 45.9 Å². The Labute approximate surface area is 95.9 Å². The van der Waals surface area contributed by atoms with Crippen molar-refractivity contribution in [1.29, 1.82) is 5.26 Å². The van der Waals surface area contributed by atoms with Gasteiger partial charge < -0.3 is 4.74 Å². The molecule has 1 aromatic carbocycles. The van der Waals surface area contributed by atoms with E-state index < -0.39 is 11.6 Å². The highest BCUT2D eigenvalue weighted by molar-refractivity contribution is 5.32. The molecule has 2 aromatic rings. The highest BCUT2D eigenvalue weighted by Gasteiger charge is 2.07. The third-order valence-electron chi connectivity index (χ3n) is 1.97. The van der Waals surface area contributed by atoms with Crippen LogP contribution in [-0.4, -0.2) is 4.98 Å². The molecule has 0 aliphatic carbocycles. The van der Waals surface area contributed by atoms with Gasteiger partial charge in [0, 0.05) is 18.3 Å². The van der Waals surface area contributed by atoms with E-state index in [9.17, 15) is 8.78 Å². The van der Waals surface area contributed by atoms with Crippen LogP contribution in [0.25, 0.3) is 0 Å². The van der Waals surface area contributed by atoms with Gasteiger partial charge in [0.05, 0.1) is 5.56 Å². The van der Waals surface area contributed by atoms with Gasteiger partial charge in [0.15, 0.2) is 11.6 Å². The van der Waals surface area contributed by atoms with E-state index in [1.54, 1.807) is 0 Å². The number of benzene rings is 1. The van der Waals surface area contributed by atoms with Gasteiger partial charge in [-0.15, -0.1) is 0 Å². The van der Waals surface area contributed by atoms with Gasteiger partial charge in [-0.1, -0.05) is 0 Å². The van der Waals surface area contributed by atoms with Crippen LogP contribution in [0.1, 0.15) is 5.56 Å². The minimum Gasteiger partial charge on any atom is -0.436 e. The molecule has 5 heteroatoms. The number of halogens is 2. The highest BCUT2D eigenvalue weighted by Crippen LogP contribution is 2.23. The molecule has 0 fully saturated rings. The molecular weight excluding hydrogens is 226 g/mol. The number of ether oxygens (including phenoxy) is 1. The van der Waals surface area contributed by atoms with E-state index in [-0.39, 0.29) is 11.6 Å². The Morgan fingerprint density at radius 3 is 2.65 bits per heavy atom. The van der Waals surface area contributed by atoms with Crippen LogP contribution in [0, 0.1) is 23.0 Å². The predicted molar refractivity (Wildman–Crippen MR) is 55.4 cm³/mol. The van der Waals surface area contributed by atoms with Crippen molar-refractivity contribution >= 4 is 0 Å². The Hall–Kier alpha value is -2.48. The maximum absolute atomic E-state index is 13.2. The Bertz CT molecular complexity index is 576. The molecule has 0 radical (unpaired) electrons. The maximum atomic E-state index is 13.2. The Morgan fingerprint density at radius 2 is 2.00 bits per heavy atom. The van der Waals surface area contributed by atoms with Crippen molar-refractivity contribution < 1.29 is 13.5 Å². The van der Waals surface area contributed by atoms with Gasteiger partial charge in [0.2, 0.25) is 5.88 Å². The summed E-state index contributed by atoms with van der Waals surface area (Å²) in [6, 6.07) is 7.65. The van der Waals surface area contributed by atoms with Crippen LogP contribution in [0.3, 0.4) is 0 Å². The summed E-state index contributed by atoms with van der Waals surface area (Å²) in [5.74, 6) is -1.44. The number of hydrogen-bond donors (Lipinski definition) is 0. The van der Waals surface area contributed by atoms with E-state index in [4.69, 9.17) is 10.00 Å². The second-order valence-electron chi connectivity index (χ2n) is 3.17. The molecule has 0 atom stereocenters. The van der Waals surface area contributed by atoms with Gasteiger partial charge in [-0.2, -0.15) is 5.26 Å². The Balaban J connectivity index is 2.25. The molecule has 0 amide bonds. The zero-order valence-corrected chi connectivity index (χ0v) is 8.52. The standard InChI is InChI=1S/C12H6F2N2O/c13-9-2-3-10(14)11(5-9)17-12-4-1-8(6-15)7-16-12/h1-5,7H. The lowest BCUT2D eigenvalue weighted by molar-refractivity contribution is 0.422. The minimum absolute atomic E-state index is 0.0912. The predicted octanol–water partition coefficient (Wildman–Crippen LogP) is 3.02. The molecule has 0 unspecified atom stereocenters. The molecule has 0 N–H and O–H groups in total. The second-order valence-corrected chi connectivity index (χ2v) is 3.17. The van der Waals surface area contributed by atoms with Crippen molar-refractivity contribution in [3.63, 3.8) is 0 Å². The third-order valence-corrected chi connectivity index (χ3v) is 1.97. The number of rotatable bonds is 2. The molecule has 17 heavy (non-hydrogen) atoms. The van der Waals surface area contributed by atoms with Crippen molar-refractivity contribution in [3.05, 3.63) is 53.7 Å².